The van der Waals surface area contributed by atoms with E-state index in [1.807, 2.05) is 60.7 Å². The predicted molar refractivity (Wildman–Crippen MR) is 230 cm³/mol. The van der Waals surface area contributed by atoms with Crippen molar-refractivity contribution in [3.05, 3.63) is 188 Å². The van der Waals surface area contributed by atoms with Crippen molar-refractivity contribution in [1.29, 1.82) is 5.26 Å². The lowest BCUT2D eigenvalue weighted by atomic mass is 9.93. The van der Waals surface area contributed by atoms with Gasteiger partial charge in [-0.15, -0.1) is 0 Å². The summed E-state index contributed by atoms with van der Waals surface area (Å²) >= 11 is 0. The second-order valence-corrected chi connectivity index (χ2v) is 14.2. The number of fused-ring (bicyclic) bond motifs is 6. The zero-order valence-corrected chi connectivity index (χ0v) is 30.4. The summed E-state index contributed by atoms with van der Waals surface area (Å²) in [6, 6.07) is 64.5. The van der Waals surface area contributed by atoms with E-state index in [4.69, 9.17) is 18.8 Å². The summed E-state index contributed by atoms with van der Waals surface area (Å²) < 4.78 is 12.2. The molecular weight excluding hydrogens is 701 g/mol. The molecular formula is C51H30N4O2. The van der Waals surface area contributed by atoms with Crippen molar-refractivity contribution in [2.75, 3.05) is 4.90 Å². The van der Waals surface area contributed by atoms with Crippen molar-refractivity contribution >= 4 is 71.6 Å². The maximum atomic E-state index is 9.91. The van der Waals surface area contributed by atoms with Crippen molar-refractivity contribution in [3.63, 3.8) is 0 Å². The van der Waals surface area contributed by atoms with Crippen molar-refractivity contribution < 1.29 is 8.83 Å². The van der Waals surface area contributed by atoms with Crippen LogP contribution >= 0.6 is 0 Å². The fraction of sp³-hybridized carbons (Fsp3) is 0. The number of oxazole rings is 2. The molecule has 0 unspecified atom stereocenters. The molecule has 0 saturated heterocycles. The van der Waals surface area contributed by atoms with Crippen molar-refractivity contribution in [1.82, 2.24) is 9.97 Å². The van der Waals surface area contributed by atoms with Gasteiger partial charge in [0.2, 0.25) is 11.8 Å². The zero-order chi connectivity index (χ0) is 37.9. The molecule has 0 bridgehead atoms. The molecule has 0 radical (unpaired) electrons. The molecule has 6 nitrogen and oxygen atoms in total. The van der Waals surface area contributed by atoms with Crippen molar-refractivity contribution in [2.24, 2.45) is 0 Å². The molecule has 266 valence electrons. The van der Waals surface area contributed by atoms with Crippen LogP contribution in [0.2, 0.25) is 0 Å². The van der Waals surface area contributed by atoms with E-state index in [-0.39, 0.29) is 0 Å². The van der Waals surface area contributed by atoms with E-state index in [0.29, 0.717) is 17.3 Å². The third-order valence-corrected chi connectivity index (χ3v) is 10.7. The van der Waals surface area contributed by atoms with Crippen LogP contribution in [-0.4, -0.2) is 9.97 Å². The first-order valence-corrected chi connectivity index (χ1v) is 18.8. The van der Waals surface area contributed by atoms with Crippen molar-refractivity contribution in [3.8, 4) is 40.1 Å². The van der Waals surface area contributed by atoms with Crippen LogP contribution in [-0.2, 0) is 0 Å². The molecule has 0 saturated carbocycles. The molecule has 0 atom stereocenters. The van der Waals surface area contributed by atoms with E-state index >= 15 is 0 Å². The Morgan fingerprint density at radius 1 is 0.404 bits per heavy atom. The van der Waals surface area contributed by atoms with E-state index < -0.39 is 0 Å². The Morgan fingerprint density at radius 2 is 0.930 bits per heavy atom. The lowest BCUT2D eigenvalue weighted by Gasteiger charge is -2.26. The number of hydrogen-bond acceptors (Lipinski definition) is 6. The summed E-state index contributed by atoms with van der Waals surface area (Å²) in [6.07, 6.45) is 0. The zero-order valence-electron chi connectivity index (χ0n) is 30.4. The quantitative estimate of drug-likeness (QED) is 0.159. The maximum Gasteiger partial charge on any atom is 0.227 e. The fourth-order valence-corrected chi connectivity index (χ4v) is 7.87. The van der Waals surface area contributed by atoms with Crippen LogP contribution in [0, 0.1) is 11.3 Å². The SMILES string of the molecule is N#Cc1cc2ccccc2c2cc(-c3ccc4cc(N(c5ccc(-c6nc7ccccc7o6)cc5)c5ccc(-c6nc7ccccc7o6)cc5)ccc4c3)ccc12. The Bertz CT molecular complexity index is 3190. The number of nitrogens with zero attached hydrogens (tertiary/aromatic N) is 4. The summed E-state index contributed by atoms with van der Waals surface area (Å²) in [5.41, 5.74) is 10.9. The average Bonchev–Trinajstić information content (AvgIpc) is 3.92. The van der Waals surface area contributed by atoms with Crippen LogP contribution in [0.4, 0.5) is 17.1 Å². The molecule has 0 N–H and O–H groups in total. The molecule has 2 aromatic heterocycles. The van der Waals surface area contributed by atoms with Gasteiger partial charge < -0.3 is 13.7 Å². The summed E-state index contributed by atoms with van der Waals surface area (Å²) in [7, 11) is 0. The first kappa shape index (κ1) is 32.4. The highest BCUT2D eigenvalue weighted by Crippen LogP contribution is 2.40. The van der Waals surface area contributed by atoms with Crippen LogP contribution in [0.25, 0.3) is 88.6 Å². The van der Waals surface area contributed by atoms with E-state index in [1.54, 1.807) is 0 Å². The third kappa shape index (κ3) is 5.65. The normalized spacial score (nSPS) is 11.5. The van der Waals surface area contributed by atoms with Gasteiger partial charge in [-0.2, -0.15) is 5.26 Å². The molecule has 2 heterocycles. The smallest absolute Gasteiger partial charge is 0.227 e. The van der Waals surface area contributed by atoms with Gasteiger partial charge in [0.05, 0.1) is 11.6 Å². The van der Waals surface area contributed by atoms with Gasteiger partial charge in [0.15, 0.2) is 11.2 Å². The van der Waals surface area contributed by atoms with Gasteiger partial charge >= 0.3 is 0 Å². The van der Waals surface area contributed by atoms with E-state index in [0.717, 1.165) is 93.8 Å². The Labute approximate surface area is 327 Å². The third-order valence-electron chi connectivity index (χ3n) is 10.7. The minimum atomic E-state index is 0.587. The van der Waals surface area contributed by atoms with Crippen molar-refractivity contribution in [2.45, 2.75) is 0 Å². The summed E-state index contributed by atoms with van der Waals surface area (Å²) in [4.78, 5) is 11.7. The minimum absolute atomic E-state index is 0.587. The molecule has 6 heteroatoms. The number of aromatic nitrogens is 2. The number of para-hydroxylation sites is 4. The molecule has 11 aromatic rings. The second-order valence-electron chi connectivity index (χ2n) is 14.2. The number of anilines is 3. The number of nitriles is 1. The van der Waals surface area contributed by atoms with Crippen LogP contribution in [0.1, 0.15) is 5.56 Å². The Morgan fingerprint density at radius 3 is 1.58 bits per heavy atom. The molecule has 0 spiro atoms. The van der Waals surface area contributed by atoms with Gasteiger partial charge in [0.25, 0.3) is 0 Å². The Kier molecular flexibility index (Phi) is 7.44. The van der Waals surface area contributed by atoms with Gasteiger partial charge in [-0.1, -0.05) is 78.9 Å². The second kappa shape index (κ2) is 13.1. The maximum absolute atomic E-state index is 9.91. The van der Waals surface area contributed by atoms with E-state index in [2.05, 4.69) is 132 Å². The highest BCUT2D eigenvalue weighted by Gasteiger charge is 2.17. The lowest BCUT2D eigenvalue weighted by Crippen LogP contribution is -2.09. The monoisotopic (exact) mass is 730 g/mol. The first-order chi connectivity index (χ1) is 28.1. The van der Waals surface area contributed by atoms with Crippen LogP contribution in [0.5, 0.6) is 0 Å². The highest BCUT2D eigenvalue weighted by molar-refractivity contribution is 6.11. The minimum Gasteiger partial charge on any atom is -0.436 e. The number of benzene rings is 9. The van der Waals surface area contributed by atoms with Gasteiger partial charge in [-0.3, -0.25) is 0 Å². The van der Waals surface area contributed by atoms with Gasteiger partial charge in [0.1, 0.15) is 11.0 Å². The van der Waals surface area contributed by atoms with Gasteiger partial charge in [-0.25, -0.2) is 9.97 Å². The Balaban J connectivity index is 0.981. The fourth-order valence-electron chi connectivity index (χ4n) is 7.87. The summed E-state index contributed by atoms with van der Waals surface area (Å²) in [5.74, 6) is 1.17. The van der Waals surface area contributed by atoms with Crippen LogP contribution in [0.15, 0.2) is 191 Å². The molecule has 0 aliphatic rings. The number of rotatable bonds is 6. The molecule has 0 amide bonds. The molecule has 0 aliphatic carbocycles. The molecule has 0 fully saturated rings. The lowest BCUT2D eigenvalue weighted by molar-refractivity contribution is 0.619. The largest absolute Gasteiger partial charge is 0.436 e. The highest BCUT2D eigenvalue weighted by atomic mass is 16.4. The topological polar surface area (TPSA) is 79.1 Å². The predicted octanol–water partition coefficient (Wildman–Crippen LogP) is 13.8. The molecule has 57 heavy (non-hydrogen) atoms. The summed E-state index contributed by atoms with van der Waals surface area (Å²) in [5, 5.41) is 16.4. The van der Waals surface area contributed by atoms with Crippen LogP contribution < -0.4 is 4.90 Å². The molecule has 9 aromatic carbocycles. The molecule has 0 aliphatic heterocycles. The number of hydrogen-bond donors (Lipinski definition) is 0. The Hall–Kier alpha value is -8.01. The van der Waals surface area contributed by atoms with Gasteiger partial charge in [0, 0.05) is 33.6 Å². The first-order valence-electron chi connectivity index (χ1n) is 18.8. The van der Waals surface area contributed by atoms with Gasteiger partial charge in [-0.05, 0) is 141 Å². The summed E-state index contributed by atoms with van der Waals surface area (Å²) in [6.45, 7) is 0. The standard InChI is InChI=1S/C51H30N4O2/c52-31-39-28-38-7-1-2-8-43(38)45-30-37(20-26-44(39)45)34-13-14-36-29-42(25-19-35(36)27-34)55(40-21-15-32(16-22-40)50-53-46-9-3-5-11-48(46)56-50)41-23-17-33(18-24-41)51-54-47-10-4-6-12-49(47)57-51/h1-30H. The van der Waals surface area contributed by atoms with Crippen LogP contribution in [0.3, 0.4) is 0 Å². The average molecular weight is 731 g/mol. The van der Waals surface area contributed by atoms with E-state index in [1.165, 1.54) is 0 Å². The molecule has 11 rings (SSSR count). The van der Waals surface area contributed by atoms with E-state index in [9.17, 15) is 5.26 Å².